The molecule has 0 aromatic carbocycles. The molecule has 5 aliphatic rings. The summed E-state index contributed by atoms with van der Waals surface area (Å²) in [6.07, 6.45) is 22.8. The van der Waals surface area contributed by atoms with Crippen molar-refractivity contribution in [3.8, 4) is 0 Å². The van der Waals surface area contributed by atoms with E-state index in [9.17, 15) is 5.11 Å². The third-order valence-electron chi connectivity index (χ3n) is 9.09. The number of rotatable bonds is 1. The highest BCUT2D eigenvalue weighted by Crippen LogP contribution is 2.76. The Balaban J connectivity index is 1.56. The van der Waals surface area contributed by atoms with Crippen LogP contribution in [0.25, 0.3) is 0 Å². The maximum absolute atomic E-state index is 12.0. The van der Waals surface area contributed by atoms with Crippen LogP contribution in [0.15, 0.2) is 11.6 Å². The molecule has 5 rings (SSSR count). The lowest BCUT2D eigenvalue weighted by atomic mass is 9.42. The molecule has 0 unspecified atom stereocenters. The highest BCUT2D eigenvalue weighted by molar-refractivity contribution is 5.39. The zero-order valence-corrected chi connectivity index (χ0v) is 14.1. The highest BCUT2D eigenvalue weighted by Gasteiger charge is 2.72. The van der Waals surface area contributed by atoms with Crippen molar-refractivity contribution >= 4 is 0 Å². The molecular weight excluding hydrogens is 268 g/mol. The molecule has 0 heterocycles. The van der Waals surface area contributed by atoms with Crippen molar-refractivity contribution in [1.82, 2.24) is 0 Å². The largest absolute Gasteiger partial charge is 0.385 e. The second kappa shape index (κ2) is 4.41. The van der Waals surface area contributed by atoms with Gasteiger partial charge >= 0.3 is 0 Å². The van der Waals surface area contributed by atoms with E-state index in [0.29, 0.717) is 10.8 Å². The van der Waals surface area contributed by atoms with Gasteiger partial charge < -0.3 is 5.11 Å². The molecule has 1 heteroatoms. The Hall–Kier alpha value is -0.300. The molecule has 4 fully saturated rings. The minimum Gasteiger partial charge on any atom is -0.385 e. The van der Waals surface area contributed by atoms with Gasteiger partial charge in [-0.15, -0.1) is 0 Å². The van der Waals surface area contributed by atoms with Gasteiger partial charge in [0, 0.05) is 5.41 Å². The summed E-state index contributed by atoms with van der Waals surface area (Å²) in [6.45, 7) is 0. The summed E-state index contributed by atoms with van der Waals surface area (Å²) in [6, 6.07) is 0. The first-order chi connectivity index (χ1) is 10.7. The molecule has 2 atom stereocenters. The summed E-state index contributed by atoms with van der Waals surface area (Å²) in [7, 11) is 0. The zero-order chi connectivity index (χ0) is 14.9. The van der Waals surface area contributed by atoms with Gasteiger partial charge in [-0.2, -0.15) is 0 Å². The van der Waals surface area contributed by atoms with Crippen LogP contribution < -0.4 is 0 Å². The van der Waals surface area contributed by atoms with E-state index < -0.39 is 5.60 Å². The Labute approximate surface area is 135 Å². The molecular formula is C21H32O. The average Bonchev–Trinajstić information content (AvgIpc) is 3.29. The fourth-order valence-electron chi connectivity index (χ4n) is 8.13. The Morgan fingerprint density at radius 1 is 0.682 bits per heavy atom. The number of aliphatic hydroxyl groups is 1. The first kappa shape index (κ1) is 14.1. The van der Waals surface area contributed by atoms with Crippen molar-refractivity contribution in [1.29, 1.82) is 0 Å². The van der Waals surface area contributed by atoms with Crippen molar-refractivity contribution in [3.05, 3.63) is 11.6 Å². The maximum atomic E-state index is 12.0. The standard InChI is InChI=1S/C21H32O/c22-21(17-7-5-10-18(17)8-1-2-9-18)16-15-20(21)14-6-13-19(20)11-3-4-12-19/h7,22H,1-6,8-16H2/t20-,21+/m1/s1. The third kappa shape index (κ3) is 1.42. The van der Waals surface area contributed by atoms with Gasteiger partial charge in [-0.1, -0.05) is 38.2 Å². The summed E-state index contributed by atoms with van der Waals surface area (Å²) >= 11 is 0. The average molecular weight is 300 g/mol. The molecule has 0 aliphatic heterocycles. The Bertz CT molecular complexity index is 500. The molecule has 1 N–H and O–H groups in total. The highest BCUT2D eigenvalue weighted by atomic mass is 16.3. The number of hydrogen-bond acceptors (Lipinski definition) is 1. The fourth-order valence-corrected chi connectivity index (χ4v) is 8.13. The molecule has 5 aliphatic carbocycles. The van der Waals surface area contributed by atoms with Crippen LogP contribution in [0.2, 0.25) is 0 Å². The van der Waals surface area contributed by atoms with Gasteiger partial charge in [-0.25, -0.2) is 0 Å². The van der Waals surface area contributed by atoms with E-state index in [2.05, 4.69) is 6.08 Å². The van der Waals surface area contributed by atoms with Crippen molar-refractivity contribution in [3.63, 3.8) is 0 Å². The normalized spacial score (nSPS) is 45.0. The van der Waals surface area contributed by atoms with Crippen LogP contribution in [0.4, 0.5) is 0 Å². The summed E-state index contributed by atoms with van der Waals surface area (Å²) in [5.41, 5.74) is 2.36. The fraction of sp³-hybridized carbons (Fsp3) is 0.905. The van der Waals surface area contributed by atoms with Gasteiger partial charge in [0.05, 0.1) is 5.60 Å². The van der Waals surface area contributed by atoms with Crippen molar-refractivity contribution in [2.75, 3.05) is 0 Å². The molecule has 0 saturated heterocycles. The van der Waals surface area contributed by atoms with Crippen molar-refractivity contribution < 1.29 is 5.11 Å². The van der Waals surface area contributed by atoms with Crippen LogP contribution in [-0.4, -0.2) is 10.7 Å². The first-order valence-corrected chi connectivity index (χ1v) is 10.1. The second-order valence-electron chi connectivity index (χ2n) is 9.43. The molecule has 1 nitrogen and oxygen atoms in total. The van der Waals surface area contributed by atoms with Gasteiger partial charge in [0.15, 0.2) is 0 Å². The van der Waals surface area contributed by atoms with E-state index in [-0.39, 0.29) is 5.41 Å². The Morgan fingerprint density at radius 2 is 1.36 bits per heavy atom. The number of hydrogen-bond donors (Lipinski definition) is 1. The zero-order valence-electron chi connectivity index (χ0n) is 14.1. The van der Waals surface area contributed by atoms with Crippen LogP contribution >= 0.6 is 0 Å². The summed E-state index contributed by atoms with van der Waals surface area (Å²) < 4.78 is 0. The lowest BCUT2D eigenvalue weighted by molar-refractivity contribution is -0.200. The van der Waals surface area contributed by atoms with E-state index in [1.165, 1.54) is 89.9 Å². The Morgan fingerprint density at radius 3 is 2.05 bits per heavy atom. The molecule has 0 aromatic heterocycles. The monoisotopic (exact) mass is 300 g/mol. The summed E-state index contributed by atoms with van der Waals surface area (Å²) in [4.78, 5) is 0. The number of allylic oxidation sites excluding steroid dienone is 1. The smallest absolute Gasteiger partial charge is 0.0923 e. The lowest BCUT2D eigenvalue weighted by Crippen LogP contribution is -2.65. The van der Waals surface area contributed by atoms with E-state index in [1.807, 2.05) is 0 Å². The molecule has 0 radical (unpaired) electrons. The van der Waals surface area contributed by atoms with Gasteiger partial charge in [0.1, 0.15) is 0 Å². The lowest BCUT2D eigenvalue weighted by Gasteiger charge is -2.64. The number of fused-ring (bicyclic) bond motifs is 1. The van der Waals surface area contributed by atoms with E-state index in [1.54, 1.807) is 5.57 Å². The van der Waals surface area contributed by atoms with Gasteiger partial charge in [-0.05, 0) is 80.6 Å². The predicted octanol–water partition coefficient (Wildman–Crippen LogP) is 5.52. The SMILES string of the molecule is O[C@]1(C2=CCCC23CCCC3)CC[C@@]12CCCC21CCCC1. The topological polar surface area (TPSA) is 20.2 Å². The van der Waals surface area contributed by atoms with E-state index >= 15 is 0 Å². The molecule has 122 valence electrons. The van der Waals surface area contributed by atoms with E-state index in [4.69, 9.17) is 0 Å². The van der Waals surface area contributed by atoms with Gasteiger partial charge in [0.2, 0.25) is 0 Å². The summed E-state index contributed by atoms with van der Waals surface area (Å²) in [5.74, 6) is 0. The van der Waals surface area contributed by atoms with Crippen molar-refractivity contribution in [2.24, 2.45) is 16.2 Å². The minimum atomic E-state index is -0.408. The first-order valence-electron chi connectivity index (χ1n) is 10.1. The predicted molar refractivity (Wildman–Crippen MR) is 89.6 cm³/mol. The van der Waals surface area contributed by atoms with Crippen LogP contribution in [0.1, 0.15) is 96.3 Å². The summed E-state index contributed by atoms with van der Waals surface area (Å²) in [5, 5.41) is 12.0. The van der Waals surface area contributed by atoms with Crippen molar-refractivity contribution in [2.45, 2.75) is 102 Å². The Kier molecular flexibility index (Phi) is 2.82. The molecule has 4 saturated carbocycles. The van der Waals surface area contributed by atoms with Crippen LogP contribution in [0, 0.1) is 16.2 Å². The van der Waals surface area contributed by atoms with Crippen LogP contribution in [-0.2, 0) is 0 Å². The second-order valence-corrected chi connectivity index (χ2v) is 9.43. The van der Waals surface area contributed by atoms with E-state index in [0.717, 1.165) is 6.42 Å². The molecule has 0 bridgehead atoms. The minimum absolute atomic E-state index is 0.280. The molecule has 0 amide bonds. The van der Waals surface area contributed by atoms with Gasteiger partial charge in [-0.3, -0.25) is 0 Å². The third-order valence-corrected chi connectivity index (χ3v) is 9.09. The molecule has 0 aromatic rings. The molecule has 3 spiro atoms. The molecule has 22 heavy (non-hydrogen) atoms. The van der Waals surface area contributed by atoms with Crippen LogP contribution in [0.5, 0.6) is 0 Å². The van der Waals surface area contributed by atoms with Crippen LogP contribution in [0.3, 0.4) is 0 Å². The maximum Gasteiger partial charge on any atom is 0.0923 e. The van der Waals surface area contributed by atoms with Gasteiger partial charge in [0.25, 0.3) is 0 Å². The quantitative estimate of drug-likeness (QED) is 0.632.